The monoisotopic (exact) mass is 459 g/mol. The van der Waals surface area contributed by atoms with Gasteiger partial charge in [0.05, 0.1) is 11.1 Å². The first kappa shape index (κ1) is 21.0. The third kappa shape index (κ3) is 3.60. The number of carbonyl (C=O) groups excluding carboxylic acids is 1. The summed E-state index contributed by atoms with van der Waals surface area (Å²) in [6.07, 6.45) is 5.36. The second-order valence-corrected chi connectivity index (χ2v) is 12.8. The predicted molar refractivity (Wildman–Crippen MR) is 129 cm³/mol. The summed E-state index contributed by atoms with van der Waals surface area (Å²) in [4.78, 5) is 19.0. The summed E-state index contributed by atoms with van der Waals surface area (Å²) < 4.78 is 21.1. The Morgan fingerprint density at radius 1 is 1.19 bits per heavy atom. The SMILES string of the molecule is CN(C)Cc1cc(-c2cc(C(N)=O)c3[nH]cc(C4CC5CCC(C4)S5(O)O)c3c2)cs1. The van der Waals surface area contributed by atoms with Crippen molar-refractivity contribution in [2.75, 3.05) is 14.1 Å². The molecule has 8 heteroatoms. The molecule has 31 heavy (non-hydrogen) atoms. The van der Waals surface area contributed by atoms with Crippen molar-refractivity contribution in [3.8, 4) is 11.1 Å². The van der Waals surface area contributed by atoms with Gasteiger partial charge in [-0.25, -0.2) is 0 Å². The lowest BCUT2D eigenvalue weighted by atomic mass is 9.89. The Morgan fingerprint density at radius 2 is 1.90 bits per heavy atom. The number of H-pyrrole nitrogens is 1. The third-order valence-electron chi connectivity index (χ3n) is 6.87. The molecule has 3 aromatic rings. The van der Waals surface area contributed by atoms with Crippen LogP contribution < -0.4 is 5.73 Å². The van der Waals surface area contributed by atoms with Gasteiger partial charge in [0.2, 0.25) is 0 Å². The highest BCUT2D eigenvalue weighted by Crippen LogP contribution is 2.66. The van der Waals surface area contributed by atoms with Crippen molar-refractivity contribution in [1.82, 2.24) is 9.88 Å². The maximum absolute atomic E-state index is 12.3. The maximum atomic E-state index is 12.3. The van der Waals surface area contributed by atoms with Crippen molar-refractivity contribution in [2.24, 2.45) is 5.73 Å². The van der Waals surface area contributed by atoms with Gasteiger partial charge >= 0.3 is 0 Å². The number of amides is 1. The summed E-state index contributed by atoms with van der Waals surface area (Å²) in [5.74, 6) is -0.184. The standard InChI is InChI=1S/C23H29N3O3S2/c1-26(2)11-16-5-15(12-30-16)13-8-19-21(10-25-22(19)20(9-13)23(24)27)14-6-17-3-4-18(7-14)31(17,28)29/h5,8-10,12,14,17-18,25,28-29H,3-4,6-7,11H2,1-2H3,(H2,24,27). The number of nitrogens with zero attached hydrogens (tertiary/aromatic N) is 1. The lowest BCUT2D eigenvalue weighted by molar-refractivity contribution is 0.100. The first-order chi connectivity index (χ1) is 14.7. The van der Waals surface area contributed by atoms with Crippen molar-refractivity contribution in [3.63, 3.8) is 0 Å². The molecule has 2 aliphatic rings. The summed E-state index contributed by atoms with van der Waals surface area (Å²) >= 11 is 1.72. The Kier molecular flexibility index (Phi) is 5.18. The molecule has 2 fully saturated rings. The van der Waals surface area contributed by atoms with Crippen LogP contribution in [-0.4, -0.2) is 49.5 Å². The zero-order chi connectivity index (χ0) is 21.9. The van der Waals surface area contributed by atoms with Gasteiger partial charge in [-0.1, -0.05) is 0 Å². The first-order valence-electron chi connectivity index (χ1n) is 10.7. The van der Waals surface area contributed by atoms with Crippen LogP contribution in [0, 0.1) is 0 Å². The number of fused-ring (bicyclic) bond motifs is 3. The number of hydrogen-bond donors (Lipinski definition) is 4. The molecule has 1 aromatic carbocycles. The van der Waals surface area contributed by atoms with Crippen LogP contribution in [0.4, 0.5) is 0 Å². The number of nitrogens with two attached hydrogens (primary N) is 1. The van der Waals surface area contributed by atoms with E-state index in [4.69, 9.17) is 5.73 Å². The minimum Gasteiger partial charge on any atom is -0.366 e. The van der Waals surface area contributed by atoms with Crippen LogP contribution in [-0.2, 0) is 6.54 Å². The zero-order valence-corrected chi connectivity index (χ0v) is 19.4. The van der Waals surface area contributed by atoms with E-state index in [2.05, 4.69) is 41.5 Å². The van der Waals surface area contributed by atoms with Crippen LogP contribution >= 0.6 is 21.9 Å². The summed E-state index contributed by atoms with van der Waals surface area (Å²) in [5, 5.41) is 3.14. The highest BCUT2D eigenvalue weighted by molar-refractivity contribution is 8.25. The van der Waals surface area contributed by atoms with Gasteiger partial charge in [-0.3, -0.25) is 13.9 Å². The summed E-state index contributed by atoms with van der Waals surface area (Å²) in [5.41, 5.74) is 10.3. The van der Waals surface area contributed by atoms with Gasteiger partial charge in [0.25, 0.3) is 5.91 Å². The van der Waals surface area contributed by atoms with Gasteiger partial charge in [-0.15, -0.1) is 11.3 Å². The maximum Gasteiger partial charge on any atom is 0.250 e. The Morgan fingerprint density at radius 3 is 2.55 bits per heavy atom. The molecule has 5 N–H and O–H groups in total. The van der Waals surface area contributed by atoms with E-state index in [0.29, 0.717) is 5.56 Å². The van der Waals surface area contributed by atoms with Crippen LogP contribution in [0.25, 0.3) is 22.0 Å². The Labute approximate surface area is 187 Å². The molecule has 2 bridgehead atoms. The van der Waals surface area contributed by atoms with Crippen LogP contribution in [0.5, 0.6) is 0 Å². The number of aromatic amines is 1. The van der Waals surface area contributed by atoms with Crippen molar-refractivity contribution in [1.29, 1.82) is 0 Å². The number of hydrogen-bond acceptors (Lipinski definition) is 5. The minimum atomic E-state index is -2.47. The fraction of sp³-hybridized carbons (Fsp3) is 0.435. The van der Waals surface area contributed by atoms with Crippen molar-refractivity contribution in [2.45, 2.75) is 48.6 Å². The van der Waals surface area contributed by atoms with E-state index < -0.39 is 16.5 Å². The number of primary amides is 1. The quantitative estimate of drug-likeness (QED) is 0.420. The summed E-state index contributed by atoms with van der Waals surface area (Å²) in [7, 11) is 1.63. The van der Waals surface area contributed by atoms with Gasteiger partial charge in [-0.05, 0) is 86.0 Å². The molecular formula is C23H29N3O3S2. The lowest BCUT2D eigenvalue weighted by Gasteiger charge is -2.46. The smallest absolute Gasteiger partial charge is 0.250 e. The summed E-state index contributed by atoms with van der Waals surface area (Å²) in [6.45, 7) is 0.877. The van der Waals surface area contributed by atoms with E-state index in [9.17, 15) is 13.9 Å². The highest BCUT2D eigenvalue weighted by Gasteiger charge is 2.47. The molecule has 0 saturated carbocycles. The second-order valence-electron chi connectivity index (χ2n) is 9.22. The molecule has 166 valence electrons. The van der Waals surface area contributed by atoms with Crippen LogP contribution in [0.3, 0.4) is 0 Å². The van der Waals surface area contributed by atoms with Gasteiger partial charge in [0.15, 0.2) is 0 Å². The fourth-order valence-corrected chi connectivity index (χ4v) is 8.92. The average molecular weight is 460 g/mol. The molecule has 0 spiro atoms. The van der Waals surface area contributed by atoms with Crippen molar-refractivity contribution >= 4 is 38.7 Å². The molecule has 2 aliphatic heterocycles. The van der Waals surface area contributed by atoms with E-state index in [1.807, 2.05) is 12.3 Å². The molecule has 0 aliphatic carbocycles. The van der Waals surface area contributed by atoms with Crippen LogP contribution in [0.1, 0.15) is 52.4 Å². The molecule has 4 heterocycles. The molecule has 2 unspecified atom stereocenters. The second kappa shape index (κ2) is 7.64. The number of carbonyl (C=O) groups is 1. The predicted octanol–water partition coefficient (Wildman–Crippen LogP) is 5.22. The van der Waals surface area contributed by atoms with Gasteiger partial charge in [0, 0.05) is 33.5 Å². The Balaban J connectivity index is 1.57. The van der Waals surface area contributed by atoms with Gasteiger partial charge in [0.1, 0.15) is 0 Å². The summed E-state index contributed by atoms with van der Waals surface area (Å²) in [6, 6.07) is 6.22. The Bertz CT molecular complexity index is 1130. The molecule has 2 saturated heterocycles. The molecule has 6 nitrogen and oxygen atoms in total. The average Bonchev–Trinajstić information content (AvgIpc) is 3.34. The highest BCUT2D eigenvalue weighted by atomic mass is 32.3. The fourth-order valence-electron chi connectivity index (χ4n) is 5.37. The van der Waals surface area contributed by atoms with E-state index in [1.165, 1.54) is 4.88 Å². The molecular weight excluding hydrogens is 430 g/mol. The Hall–Kier alpha value is -1.84. The first-order valence-corrected chi connectivity index (χ1v) is 13.2. The van der Waals surface area contributed by atoms with Crippen molar-refractivity contribution in [3.05, 3.63) is 45.8 Å². The topological polar surface area (TPSA) is 103 Å². The molecule has 2 atom stereocenters. The van der Waals surface area contributed by atoms with E-state index in [-0.39, 0.29) is 16.4 Å². The largest absolute Gasteiger partial charge is 0.366 e. The molecule has 1 amide bonds. The minimum absolute atomic E-state index is 0.00883. The number of rotatable bonds is 5. The number of nitrogens with one attached hydrogen (secondary N) is 1. The lowest BCUT2D eigenvalue weighted by Crippen LogP contribution is -2.28. The number of benzene rings is 1. The molecule has 0 radical (unpaired) electrons. The van der Waals surface area contributed by atoms with Crippen LogP contribution in [0.2, 0.25) is 0 Å². The molecule has 5 rings (SSSR count). The van der Waals surface area contributed by atoms with Gasteiger partial charge < -0.3 is 15.6 Å². The van der Waals surface area contributed by atoms with Crippen LogP contribution in [0.15, 0.2) is 29.8 Å². The normalized spacial score (nSPS) is 25.9. The number of thiophene rings is 1. The van der Waals surface area contributed by atoms with Gasteiger partial charge in [-0.2, -0.15) is 10.6 Å². The third-order valence-corrected chi connectivity index (χ3v) is 10.6. The van der Waals surface area contributed by atoms with E-state index in [1.54, 1.807) is 11.3 Å². The molecule has 2 aromatic heterocycles. The van der Waals surface area contributed by atoms with Crippen molar-refractivity contribution < 1.29 is 13.9 Å². The van der Waals surface area contributed by atoms with E-state index >= 15 is 0 Å². The number of aromatic nitrogens is 1. The zero-order valence-electron chi connectivity index (χ0n) is 17.8. The van der Waals surface area contributed by atoms with E-state index in [0.717, 1.165) is 59.8 Å².